The second-order valence-electron chi connectivity index (χ2n) is 4.33. The molecule has 2 aromatic rings. The summed E-state index contributed by atoms with van der Waals surface area (Å²) in [5.41, 5.74) is 0.750. The summed E-state index contributed by atoms with van der Waals surface area (Å²) >= 11 is 0. The number of ketones is 1. The first-order valence-corrected chi connectivity index (χ1v) is 5.96. The molecule has 0 bridgehead atoms. The highest BCUT2D eigenvalue weighted by Crippen LogP contribution is 2.18. The topological polar surface area (TPSA) is 30.0 Å². The molecule has 2 nitrogen and oxygen atoms in total. The van der Waals surface area contributed by atoms with Crippen molar-refractivity contribution in [2.24, 2.45) is 0 Å². The van der Waals surface area contributed by atoms with E-state index < -0.39 is 23.0 Å². The van der Waals surface area contributed by atoms with Gasteiger partial charge in [0.15, 0.2) is 5.78 Å². The Morgan fingerprint density at radius 1 is 1.16 bits per heavy atom. The predicted molar refractivity (Wildman–Crippen MR) is 68.0 cm³/mol. The Morgan fingerprint density at radius 2 is 1.84 bits per heavy atom. The average molecular weight is 261 g/mol. The van der Waals surface area contributed by atoms with Gasteiger partial charge in [-0.25, -0.2) is 8.78 Å². The van der Waals surface area contributed by atoms with Crippen LogP contribution in [0.15, 0.2) is 36.7 Å². The predicted octanol–water partition coefficient (Wildman–Crippen LogP) is 3.48. The van der Waals surface area contributed by atoms with Gasteiger partial charge in [-0.05, 0) is 42.7 Å². The van der Waals surface area contributed by atoms with Gasteiger partial charge in [0.2, 0.25) is 0 Å². The fraction of sp³-hybridized carbons (Fsp3) is 0.200. The summed E-state index contributed by atoms with van der Waals surface area (Å²) in [6, 6.07) is 5.99. The van der Waals surface area contributed by atoms with Gasteiger partial charge in [0.1, 0.15) is 11.6 Å². The Hall–Kier alpha value is -2.10. The molecule has 0 amide bonds. The maximum atomic E-state index is 13.8. The first-order valence-electron chi connectivity index (χ1n) is 5.96. The van der Waals surface area contributed by atoms with E-state index in [1.807, 2.05) is 0 Å². The van der Waals surface area contributed by atoms with E-state index in [4.69, 9.17) is 0 Å². The minimum Gasteiger partial charge on any atom is -0.294 e. The summed E-state index contributed by atoms with van der Waals surface area (Å²) in [6.07, 6.45) is 3.75. The van der Waals surface area contributed by atoms with Crippen LogP contribution in [0.5, 0.6) is 0 Å². The quantitative estimate of drug-likeness (QED) is 0.789. The second-order valence-corrected chi connectivity index (χ2v) is 4.33. The van der Waals surface area contributed by atoms with Gasteiger partial charge in [-0.3, -0.25) is 9.78 Å². The summed E-state index contributed by atoms with van der Waals surface area (Å²) < 4.78 is 27.3. The van der Waals surface area contributed by atoms with Gasteiger partial charge in [0, 0.05) is 18.8 Å². The maximum Gasteiger partial charge on any atom is 0.169 e. The van der Waals surface area contributed by atoms with Gasteiger partial charge in [-0.15, -0.1) is 0 Å². The van der Waals surface area contributed by atoms with E-state index in [2.05, 4.69) is 4.98 Å². The first-order chi connectivity index (χ1) is 9.09. The molecular formula is C15H13F2NO. The van der Waals surface area contributed by atoms with E-state index in [1.54, 1.807) is 24.5 Å². The zero-order valence-corrected chi connectivity index (χ0v) is 10.5. The lowest BCUT2D eigenvalue weighted by molar-refractivity contribution is 0.0974. The van der Waals surface area contributed by atoms with Crippen LogP contribution < -0.4 is 0 Å². The molecule has 0 aliphatic heterocycles. The highest BCUT2D eigenvalue weighted by molar-refractivity contribution is 5.96. The van der Waals surface area contributed by atoms with Crippen LogP contribution in [0.3, 0.4) is 0 Å². The SMILES string of the molecule is Cc1ccc(F)c(C(=O)CCc2ccncc2)c1F. The van der Waals surface area contributed by atoms with Gasteiger partial charge in [0.25, 0.3) is 0 Å². The molecule has 0 radical (unpaired) electrons. The van der Waals surface area contributed by atoms with Crippen LogP contribution in [-0.4, -0.2) is 10.8 Å². The second kappa shape index (κ2) is 5.69. The van der Waals surface area contributed by atoms with E-state index in [-0.39, 0.29) is 12.0 Å². The van der Waals surface area contributed by atoms with Crippen molar-refractivity contribution in [3.05, 3.63) is 65.0 Å². The molecule has 0 fully saturated rings. The number of aryl methyl sites for hydroxylation is 2. The number of hydrogen-bond acceptors (Lipinski definition) is 2. The van der Waals surface area contributed by atoms with E-state index in [0.717, 1.165) is 11.6 Å². The van der Waals surface area contributed by atoms with Crippen molar-refractivity contribution in [1.29, 1.82) is 0 Å². The minimum absolute atomic E-state index is 0.0707. The number of Topliss-reactive ketones (excluding diaryl/α,β-unsaturated/α-hetero) is 1. The zero-order chi connectivity index (χ0) is 13.8. The van der Waals surface area contributed by atoms with Crippen molar-refractivity contribution in [2.45, 2.75) is 19.8 Å². The van der Waals surface area contributed by atoms with Crippen LogP contribution in [0.1, 0.15) is 27.9 Å². The summed E-state index contributed by atoms with van der Waals surface area (Å²) in [6.45, 7) is 1.51. The average Bonchev–Trinajstić information content (AvgIpc) is 2.42. The van der Waals surface area contributed by atoms with E-state index in [1.165, 1.54) is 13.0 Å². The Morgan fingerprint density at radius 3 is 2.53 bits per heavy atom. The first kappa shape index (κ1) is 13.3. The lowest BCUT2D eigenvalue weighted by atomic mass is 10.0. The fourth-order valence-corrected chi connectivity index (χ4v) is 1.84. The van der Waals surface area contributed by atoms with Crippen molar-refractivity contribution in [1.82, 2.24) is 4.98 Å². The number of hydrogen-bond donors (Lipinski definition) is 0. The number of carbonyl (C=O) groups is 1. The number of aromatic nitrogens is 1. The summed E-state index contributed by atoms with van der Waals surface area (Å²) in [7, 11) is 0. The summed E-state index contributed by atoms with van der Waals surface area (Å²) in [5, 5.41) is 0. The van der Waals surface area contributed by atoms with Crippen molar-refractivity contribution in [3.63, 3.8) is 0 Å². The molecular weight excluding hydrogens is 248 g/mol. The van der Waals surface area contributed by atoms with Crippen molar-refractivity contribution in [2.75, 3.05) is 0 Å². The third-order valence-corrected chi connectivity index (χ3v) is 2.95. The Kier molecular flexibility index (Phi) is 4.00. The third-order valence-electron chi connectivity index (χ3n) is 2.95. The van der Waals surface area contributed by atoms with E-state index in [0.29, 0.717) is 6.42 Å². The van der Waals surface area contributed by atoms with Crippen LogP contribution in [0.4, 0.5) is 8.78 Å². The molecule has 1 aromatic carbocycles. The van der Waals surface area contributed by atoms with Crippen LogP contribution >= 0.6 is 0 Å². The van der Waals surface area contributed by atoms with Gasteiger partial charge in [0.05, 0.1) is 5.56 Å². The van der Waals surface area contributed by atoms with Crippen LogP contribution in [0, 0.1) is 18.6 Å². The molecule has 0 aliphatic rings. The third kappa shape index (κ3) is 3.02. The van der Waals surface area contributed by atoms with Gasteiger partial charge >= 0.3 is 0 Å². The molecule has 4 heteroatoms. The molecule has 0 saturated carbocycles. The minimum atomic E-state index is -0.803. The van der Waals surface area contributed by atoms with Gasteiger partial charge in [-0.1, -0.05) is 6.07 Å². The summed E-state index contributed by atoms with van der Waals surface area (Å²) in [4.78, 5) is 15.8. The van der Waals surface area contributed by atoms with Gasteiger partial charge < -0.3 is 0 Å². The lowest BCUT2D eigenvalue weighted by Crippen LogP contribution is -2.08. The largest absolute Gasteiger partial charge is 0.294 e. The van der Waals surface area contributed by atoms with E-state index >= 15 is 0 Å². The van der Waals surface area contributed by atoms with Crippen LogP contribution in [-0.2, 0) is 6.42 Å². The van der Waals surface area contributed by atoms with Gasteiger partial charge in [-0.2, -0.15) is 0 Å². The number of halogens is 2. The summed E-state index contributed by atoms with van der Waals surface area (Å²) in [5.74, 6) is -2.09. The molecule has 1 heterocycles. The molecule has 2 rings (SSSR count). The molecule has 1 aromatic heterocycles. The smallest absolute Gasteiger partial charge is 0.169 e. The number of carbonyl (C=O) groups excluding carboxylic acids is 1. The lowest BCUT2D eigenvalue weighted by Gasteiger charge is -2.06. The Bertz CT molecular complexity index is 597. The molecule has 0 aliphatic carbocycles. The standard InChI is InChI=1S/C15H13F2NO/c1-10-2-4-12(16)14(15(10)17)13(19)5-3-11-6-8-18-9-7-11/h2,4,6-9H,3,5H2,1H3. The molecule has 19 heavy (non-hydrogen) atoms. The normalized spacial score (nSPS) is 10.5. The van der Waals surface area contributed by atoms with Crippen molar-refractivity contribution >= 4 is 5.78 Å². The number of rotatable bonds is 4. The highest BCUT2D eigenvalue weighted by Gasteiger charge is 2.18. The Labute approximate surface area is 110 Å². The van der Waals surface area contributed by atoms with E-state index in [9.17, 15) is 13.6 Å². The maximum absolute atomic E-state index is 13.8. The number of benzene rings is 1. The van der Waals surface area contributed by atoms with Crippen LogP contribution in [0.2, 0.25) is 0 Å². The van der Waals surface area contributed by atoms with Crippen LogP contribution in [0.25, 0.3) is 0 Å². The molecule has 0 spiro atoms. The highest BCUT2D eigenvalue weighted by atomic mass is 19.1. The molecule has 98 valence electrons. The number of nitrogens with zero attached hydrogens (tertiary/aromatic N) is 1. The number of pyridine rings is 1. The molecule has 0 atom stereocenters. The van der Waals surface area contributed by atoms with Crippen molar-refractivity contribution < 1.29 is 13.6 Å². The fourth-order valence-electron chi connectivity index (χ4n) is 1.84. The zero-order valence-electron chi connectivity index (χ0n) is 10.5. The monoisotopic (exact) mass is 261 g/mol. The molecule has 0 N–H and O–H groups in total. The Balaban J connectivity index is 2.15. The van der Waals surface area contributed by atoms with Crippen molar-refractivity contribution in [3.8, 4) is 0 Å². The molecule has 0 saturated heterocycles. The molecule has 0 unspecified atom stereocenters.